The SMILES string of the molecule is O=C1CCN(c2cccnc2C(=O)Nc2ccccc2)C1=O. The van der Waals surface area contributed by atoms with Crippen LogP contribution in [0.25, 0.3) is 0 Å². The summed E-state index contributed by atoms with van der Waals surface area (Å²) >= 11 is 0. The summed E-state index contributed by atoms with van der Waals surface area (Å²) in [5.74, 6) is -1.46. The summed E-state index contributed by atoms with van der Waals surface area (Å²) in [7, 11) is 0. The number of aromatic nitrogens is 1. The maximum atomic E-state index is 12.4. The summed E-state index contributed by atoms with van der Waals surface area (Å²) in [5.41, 5.74) is 1.11. The molecule has 0 atom stereocenters. The van der Waals surface area contributed by atoms with Crippen molar-refractivity contribution in [1.29, 1.82) is 0 Å². The van der Waals surface area contributed by atoms with Crippen LogP contribution in [0.1, 0.15) is 16.9 Å². The number of para-hydroxylation sites is 1. The van der Waals surface area contributed by atoms with Gasteiger partial charge in [0.15, 0.2) is 5.69 Å². The standard InChI is InChI=1S/C16H13N3O3/c20-13-8-10-19(16(13)22)12-7-4-9-17-14(12)15(21)18-11-5-2-1-3-6-11/h1-7,9H,8,10H2,(H,18,21). The van der Waals surface area contributed by atoms with Crippen molar-refractivity contribution in [1.82, 2.24) is 4.98 Å². The molecule has 1 aliphatic heterocycles. The van der Waals surface area contributed by atoms with Crippen LogP contribution in [0.15, 0.2) is 48.7 Å². The molecule has 1 aromatic carbocycles. The highest BCUT2D eigenvalue weighted by molar-refractivity contribution is 6.44. The zero-order valence-corrected chi connectivity index (χ0v) is 11.7. The first-order chi connectivity index (χ1) is 10.7. The van der Waals surface area contributed by atoms with Gasteiger partial charge in [0.25, 0.3) is 11.8 Å². The van der Waals surface area contributed by atoms with E-state index in [1.165, 1.54) is 11.1 Å². The first-order valence-corrected chi connectivity index (χ1v) is 6.83. The molecule has 110 valence electrons. The van der Waals surface area contributed by atoms with Crippen LogP contribution in [0.4, 0.5) is 11.4 Å². The van der Waals surface area contributed by atoms with Gasteiger partial charge in [0, 0.05) is 24.8 Å². The summed E-state index contributed by atoms with van der Waals surface area (Å²) in [6.07, 6.45) is 1.64. The van der Waals surface area contributed by atoms with Gasteiger partial charge in [-0.25, -0.2) is 4.98 Å². The summed E-state index contributed by atoms with van der Waals surface area (Å²) in [5, 5.41) is 2.72. The van der Waals surface area contributed by atoms with Gasteiger partial charge in [-0.1, -0.05) is 18.2 Å². The first-order valence-electron chi connectivity index (χ1n) is 6.83. The van der Waals surface area contributed by atoms with Crippen molar-refractivity contribution in [2.75, 3.05) is 16.8 Å². The molecule has 2 heterocycles. The molecule has 1 aliphatic rings. The molecule has 6 heteroatoms. The Balaban J connectivity index is 1.90. The highest BCUT2D eigenvalue weighted by Gasteiger charge is 2.33. The molecular weight excluding hydrogens is 282 g/mol. The molecule has 0 saturated carbocycles. The maximum Gasteiger partial charge on any atom is 0.294 e. The Labute approximate surface area is 126 Å². The van der Waals surface area contributed by atoms with Crippen LogP contribution < -0.4 is 10.2 Å². The lowest BCUT2D eigenvalue weighted by Gasteiger charge is -2.17. The van der Waals surface area contributed by atoms with Gasteiger partial charge in [-0.3, -0.25) is 14.4 Å². The highest BCUT2D eigenvalue weighted by atomic mass is 16.2. The van der Waals surface area contributed by atoms with Crippen LogP contribution in [0.3, 0.4) is 0 Å². The van der Waals surface area contributed by atoms with E-state index in [1.807, 2.05) is 6.07 Å². The lowest BCUT2D eigenvalue weighted by molar-refractivity contribution is -0.133. The molecular formula is C16H13N3O3. The molecule has 6 nitrogen and oxygen atoms in total. The van der Waals surface area contributed by atoms with Crippen LogP contribution in [-0.2, 0) is 9.59 Å². The zero-order valence-electron chi connectivity index (χ0n) is 11.7. The minimum absolute atomic E-state index is 0.120. The quantitative estimate of drug-likeness (QED) is 0.873. The van der Waals surface area contributed by atoms with Gasteiger partial charge in [-0.05, 0) is 24.3 Å². The lowest BCUT2D eigenvalue weighted by Crippen LogP contribution is -2.30. The van der Waals surface area contributed by atoms with E-state index in [1.54, 1.807) is 36.4 Å². The number of nitrogens with zero attached hydrogens (tertiary/aromatic N) is 2. The van der Waals surface area contributed by atoms with Crippen LogP contribution in [0.2, 0.25) is 0 Å². The van der Waals surface area contributed by atoms with Crippen molar-refractivity contribution in [3.05, 3.63) is 54.4 Å². The number of pyridine rings is 1. The van der Waals surface area contributed by atoms with Gasteiger partial charge in [0.05, 0.1) is 5.69 Å². The van der Waals surface area contributed by atoms with Crippen molar-refractivity contribution >= 4 is 29.0 Å². The fourth-order valence-electron chi connectivity index (χ4n) is 2.30. The second kappa shape index (κ2) is 5.77. The largest absolute Gasteiger partial charge is 0.321 e. The van der Waals surface area contributed by atoms with E-state index >= 15 is 0 Å². The second-order valence-electron chi connectivity index (χ2n) is 4.82. The van der Waals surface area contributed by atoms with Crippen LogP contribution >= 0.6 is 0 Å². The average Bonchev–Trinajstić information content (AvgIpc) is 2.88. The number of hydrogen-bond donors (Lipinski definition) is 1. The molecule has 2 aromatic rings. The van der Waals surface area contributed by atoms with Gasteiger partial charge in [0.1, 0.15) is 0 Å². The van der Waals surface area contributed by atoms with Crippen LogP contribution in [-0.4, -0.2) is 29.1 Å². The maximum absolute atomic E-state index is 12.4. The van der Waals surface area contributed by atoms with Gasteiger partial charge >= 0.3 is 0 Å². The number of Topliss-reactive ketones (excluding diaryl/α,β-unsaturated/α-hetero) is 1. The first kappa shape index (κ1) is 13.9. The molecule has 0 unspecified atom stereocenters. The van der Waals surface area contributed by atoms with Crippen LogP contribution in [0.5, 0.6) is 0 Å². The number of rotatable bonds is 3. The Morgan fingerprint density at radius 2 is 1.86 bits per heavy atom. The van der Waals surface area contributed by atoms with E-state index in [2.05, 4.69) is 10.3 Å². The van der Waals surface area contributed by atoms with Gasteiger partial charge < -0.3 is 10.2 Å². The number of nitrogens with one attached hydrogen (secondary N) is 1. The fourth-order valence-corrected chi connectivity index (χ4v) is 2.30. The lowest BCUT2D eigenvalue weighted by atomic mass is 10.2. The topological polar surface area (TPSA) is 79.4 Å². The molecule has 0 spiro atoms. The molecule has 1 aromatic heterocycles. The predicted molar refractivity (Wildman–Crippen MR) is 80.6 cm³/mol. The number of anilines is 2. The van der Waals surface area contributed by atoms with E-state index in [0.29, 0.717) is 11.4 Å². The Bertz CT molecular complexity index is 743. The Morgan fingerprint density at radius 3 is 2.55 bits per heavy atom. The van der Waals surface area contributed by atoms with Gasteiger partial charge in [-0.2, -0.15) is 0 Å². The molecule has 0 bridgehead atoms. The summed E-state index contributed by atoms with van der Waals surface area (Å²) in [6, 6.07) is 12.2. The van der Waals surface area contributed by atoms with Crippen molar-refractivity contribution in [2.45, 2.75) is 6.42 Å². The van der Waals surface area contributed by atoms with E-state index in [9.17, 15) is 14.4 Å². The Morgan fingerprint density at radius 1 is 1.09 bits per heavy atom. The predicted octanol–water partition coefficient (Wildman–Crippen LogP) is 1.64. The number of amides is 2. The molecule has 1 fully saturated rings. The van der Waals surface area contributed by atoms with Crippen molar-refractivity contribution in [3.63, 3.8) is 0 Å². The van der Waals surface area contributed by atoms with Crippen molar-refractivity contribution in [2.24, 2.45) is 0 Å². The monoisotopic (exact) mass is 295 g/mol. The van der Waals surface area contributed by atoms with Gasteiger partial charge in [0.2, 0.25) is 5.78 Å². The smallest absolute Gasteiger partial charge is 0.294 e. The number of benzene rings is 1. The van der Waals surface area contributed by atoms with Crippen molar-refractivity contribution < 1.29 is 14.4 Å². The molecule has 3 rings (SSSR count). The third-order valence-corrected chi connectivity index (χ3v) is 3.37. The minimum Gasteiger partial charge on any atom is -0.321 e. The van der Waals surface area contributed by atoms with E-state index in [0.717, 1.165) is 0 Å². The molecule has 1 N–H and O–H groups in total. The minimum atomic E-state index is -0.596. The average molecular weight is 295 g/mol. The normalized spacial score (nSPS) is 14.3. The number of carbonyl (C=O) groups excluding carboxylic acids is 3. The zero-order chi connectivity index (χ0) is 15.5. The third-order valence-electron chi connectivity index (χ3n) is 3.37. The van der Waals surface area contributed by atoms with E-state index in [4.69, 9.17) is 0 Å². The third kappa shape index (κ3) is 2.58. The Hall–Kier alpha value is -3.02. The van der Waals surface area contributed by atoms with E-state index < -0.39 is 17.6 Å². The molecule has 0 radical (unpaired) electrons. The summed E-state index contributed by atoms with van der Waals surface area (Å²) < 4.78 is 0. The number of carbonyl (C=O) groups is 3. The highest BCUT2D eigenvalue weighted by Crippen LogP contribution is 2.23. The summed E-state index contributed by atoms with van der Waals surface area (Å²) in [4.78, 5) is 41.0. The fraction of sp³-hybridized carbons (Fsp3) is 0.125. The molecule has 0 aliphatic carbocycles. The number of hydrogen-bond acceptors (Lipinski definition) is 4. The number of ketones is 1. The molecule has 2 amide bonds. The summed E-state index contributed by atoms with van der Waals surface area (Å²) in [6.45, 7) is 0.273. The van der Waals surface area contributed by atoms with E-state index in [-0.39, 0.29) is 18.7 Å². The van der Waals surface area contributed by atoms with Crippen molar-refractivity contribution in [3.8, 4) is 0 Å². The van der Waals surface area contributed by atoms with Gasteiger partial charge in [-0.15, -0.1) is 0 Å². The molecule has 1 saturated heterocycles. The Kier molecular flexibility index (Phi) is 3.65. The second-order valence-corrected chi connectivity index (χ2v) is 4.82. The van der Waals surface area contributed by atoms with Crippen LogP contribution in [0, 0.1) is 0 Å². The molecule has 22 heavy (non-hydrogen) atoms.